The van der Waals surface area contributed by atoms with Crippen LogP contribution in [-0.4, -0.2) is 53.1 Å². The lowest BCUT2D eigenvalue weighted by Crippen LogP contribution is -2.30. The summed E-state index contributed by atoms with van der Waals surface area (Å²) in [6.45, 7) is 6.78. The zero-order valence-corrected chi connectivity index (χ0v) is 26.7. The van der Waals surface area contributed by atoms with Gasteiger partial charge in [0.2, 0.25) is 5.69 Å². The molecular weight excluding hydrogens is 660 g/mol. The Balaban J connectivity index is 1.75. The number of carboxylic acid groups (broad SMARTS) is 2. The van der Waals surface area contributed by atoms with Gasteiger partial charge in [-0.05, 0) is 68.0 Å². The Bertz CT molecular complexity index is 1830. The largest absolute Gasteiger partial charge is 0.573 e. The topological polar surface area (TPSA) is 126 Å². The number of allylic oxidation sites excluding steroid dienone is 6. The van der Waals surface area contributed by atoms with Crippen molar-refractivity contribution in [2.75, 3.05) is 18.0 Å². The Labute approximate surface area is 277 Å². The minimum absolute atomic E-state index is 0.0273. The SMILES string of the molecule is CC1(C)C(/C=C/C(C#N)=C/C=C2/N(CCC(=O)O)c3ccc(OC(F)(F)F)cc3C2(C)C)=[N+](CCC(=O)[O-])c2ccc(OC(F)(F)F)cc21. The van der Waals surface area contributed by atoms with Crippen molar-refractivity contribution >= 4 is 29.0 Å². The molecule has 0 aromatic heterocycles. The Morgan fingerprint density at radius 2 is 1.55 bits per heavy atom. The number of carbonyl (C=O) groups excluding carboxylic acids is 1. The first kappa shape index (κ1) is 36.6. The molecule has 49 heavy (non-hydrogen) atoms. The molecule has 1 N–H and O–H groups in total. The zero-order chi connectivity index (χ0) is 36.5. The van der Waals surface area contributed by atoms with Crippen LogP contribution >= 0.6 is 0 Å². The molecule has 0 saturated carbocycles. The minimum Gasteiger partial charge on any atom is -0.550 e. The van der Waals surface area contributed by atoms with Crippen LogP contribution in [0.25, 0.3) is 0 Å². The second-order valence-corrected chi connectivity index (χ2v) is 12.3. The summed E-state index contributed by atoms with van der Waals surface area (Å²) in [5, 5.41) is 30.7. The second-order valence-electron chi connectivity index (χ2n) is 12.3. The number of fused-ring (bicyclic) bond motifs is 2. The van der Waals surface area contributed by atoms with E-state index in [0.29, 0.717) is 33.9 Å². The number of hydrogen-bond donors (Lipinski definition) is 1. The van der Waals surface area contributed by atoms with E-state index in [2.05, 4.69) is 9.47 Å². The molecule has 0 spiro atoms. The third-order valence-corrected chi connectivity index (χ3v) is 8.25. The lowest BCUT2D eigenvalue weighted by Gasteiger charge is -2.26. The highest BCUT2D eigenvalue weighted by Gasteiger charge is 2.45. The first-order valence-electron chi connectivity index (χ1n) is 14.8. The molecule has 2 aliphatic heterocycles. The van der Waals surface area contributed by atoms with Crippen LogP contribution in [0.2, 0.25) is 0 Å². The van der Waals surface area contributed by atoms with E-state index >= 15 is 0 Å². The molecule has 260 valence electrons. The second kappa shape index (κ2) is 13.3. The molecule has 0 fully saturated rings. The van der Waals surface area contributed by atoms with Gasteiger partial charge in [-0.3, -0.25) is 4.79 Å². The number of alkyl halides is 6. The van der Waals surface area contributed by atoms with Crippen LogP contribution in [0.5, 0.6) is 11.5 Å². The molecule has 2 aromatic rings. The number of nitrogens with zero attached hydrogens (tertiary/aromatic N) is 3. The van der Waals surface area contributed by atoms with E-state index < -0.39 is 53.4 Å². The standard InChI is InChI=1S/C34H31F6N3O6/c1-31(2)23-17-21(48-33(35,36)37)7-9-25(23)42(15-13-29(44)45)27(31)11-5-20(19-41)6-12-28-32(3,4)24-18-22(49-34(38,39)40)8-10-26(24)43(28)16-14-30(46)47/h5-12,17-18H,13-16H2,1-4H3,(H-,44,45,46,47). The number of carbonyl (C=O) groups is 2. The van der Waals surface area contributed by atoms with Crippen LogP contribution in [0, 0.1) is 11.3 Å². The van der Waals surface area contributed by atoms with Crippen LogP contribution < -0.4 is 19.5 Å². The molecule has 0 bridgehead atoms. The van der Waals surface area contributed by atoms with Gasteiger partial charge in [-0.15, -0.1) is 26.3 Å². The highest BCUT2D eigenvalue weighted by molar-refractivity contribution is 6.03. The summed E-state index contributed by atoms with van der Waals surface area (Å²) < 4.78 is 87.5. The third kappa shape index (κ3) is 8.25. The first-order valence-corrected chi connectivity index (χ1v) is 14.8. The predicted octanol–water partition coefficient (Wildman–Crippen LogP) is 6.16. The maximum atomic E-state index is 13.0. The number of ether oxygens (including phenoxy) is 2. The zero-order valence-electron chi connectivity index (χ0n) is 26.7. The molecule has 0 unspecified atom stereocenters. The molecule has 0 atom stereocenters. The van der Waals surface area contributed by atoms with Gasteiger partial charge in [0, 0.05) is 53.4 Å². The van der Waals surface area contributed by atoms with E-state index in [1.807, 2.05) is 6.07 Å². The van der Waals surface area contributed by atoms with E-state index in [9.17, 15) is 51.4 Å². The van der Waals surface area contributed by atoms with E-state index in [1.165, 1.54) is 36.4 Å². The minimum atomic E-state index is -4.93. The number of anilines is 1. The van der Waals surface area contributed by atoms with Crippen LogP contribution in [0.4, 0.5) is 37.7 Å². The lowest BCUT2D eigenvalue weighted by atomic mass is 9.81. The Hall–Kier alpha value is -5.26. The van der Waals surface area contributed by atoms with Crippen molar-refractivity contribution in [2.45, 2.75) is 64.1 Å². The van der Waals surface area contributed by atoms with Crippen molar-refractivity contribution in [2.24, 2.45) is 0 Å². The number of hydrogen-bond acceptors (Lipinski definition) is 7. The van der Waals surface area contributed by atoms with Crippen molar-refractivity contribution in [1.29, 1.82) is 5.26 Å². The van der Waals surface area contributed by atoms with Gasteiger partial charge in [0.15, 0.2) is 12.3 Å². The van der Waals surface area contributed by atoms with Crippen molar-refractivity contribution in [1.82, 2.24) is 0 Å². The Morgan fingerprint density at radius 3 is 2.10 bits per heavy atom. The summed E-state index contributed by atoms with van der Waals surface area (Å²) in [4.78, 5) is 24.4. The van der Waals surface area contributed by atoms with E-state index in [1.54, 1.807) is 49.3 Å². The molecule has 2 aliphatic rings. The van der Waals surface area contributed by atoms with Gasteiger partial charge in [0.25, 0.3) is 0 Å². The van der Waals surface area contributed by atoms with Crippen LogP contribution in [-0.2, 0) is 20.4 Å². The molecule has 0 amide bonds. The number of halogens is 6. The molecule has 0 saturated heterocycles. The number of nitriles is 1. The van der Waals surface area contributed by atoms with E-state index in [-0.39, 0.29) is 25.1 Å². The fourth-order valence-corrected chi connectivity index (χ4v) is 6.06. The normalized spacial score (nSPS) is 17.7. The quantitative estimate of drug-likeness (QED) is 0.129. The fraction of sp³-hybridized carbons (Fsp3) is 0.353. The van der Waals surface area contributed by atoms with Gasteiger partial charge in [-0.1, -0.05) is 13.8 Å². The average molecular weight is 692 g/mol. The third-order valence-electron chi connectivity index (χ3n) is 8.25. The van der Waals surface area contributed by atoms with Crippen LogP contribution in [0.15, 0.2) is 72.0 Å². The summed E-state index contributed by atoms with van der Waals surface area (Å²) in [5.74, 6) is -3.36. The molecule has 9 nitrogen and oxygen atoms in total. The van der Waals surface area contributed by atoms with Gasteiger partial charge < -0.3 is 29.4 Å². The maximum absolute atomic E-state index is 13.0. The molecule has 0 aliphatic carbocycles. The molecule has 2 heterocycles. The Kier molecular flexibility index (Phi) is 9.95. The van der Waals surface area contributed by atoms with Gasteiger partial charge in [-0.2, -0.15) is 9.84 Å². The van der Waals surface area contributed by atoms with E-state index in [4.69, 9.17) is 0 Å². The van der Waals surface area contributed by atoms with Gasteiger partial charge >= 0.3 is 18.7 Å². The highest BCUT2D eigenvalue weighted by Crippen LogP contribution is 2.49. The van der Waals surface area contributed by atoms with Crippen molar-refractivity contribution in [3.05, 3.63) is 83.1 Å². The van der Waals surface area contributed by atoms with Crippen molar-refractivity contribution < 1.29 is 60.2 Å². The summed E-state index contributed by atoms with van der Waals surface area (Å²) in [7, 11) is 0. The summed E-state index contributed by atoms with van der Waals surface area (Å²) in [5.41, 5.74) is 0.878. The Morgan fingerprint density at radius 1 is 0.959 bits per heavy atom. The van der Waals surface area contributed by atoms with Crippen molar-refractivity contribution in [3.63, 3.8) is 0 Å². The summed E-state index contributed by atoms with van der Waals surface area (Å²) >= 11 is 0. The van der Waals surface area contributed by atoms with Gasteiger partial charge in [0.1, 0.15) is 11.5 Å². The van der Waals surface area contributed by atoms with Crippen LogP contribution in [0.3, 0.4) is 0 Å². The molecule has 0 radical (unpaired) electrons. The molecule has 2 aromatic carbocycles. The average Bonchev–Trinajstić information content (AvgIpc) is 3.31. The number of aliphatic carboxylic acids is 2. The van der Waals surface area contributed by atoms with Gasteiger partial charge in [-0.25, -0.2) is 0 Å². The molecule has 15 heteroatoms. The lowest BCUT2D eigenvalue weighted by molar-refractivity contribution is -0.439. The van der Waals surface area contributed by atoms with Gasteiger partial charge in [0.05, 0.1) is 23.5 Å². The predicted molar refractivity (Wildman–Crippen MR) is 162 cm³/mol. The highest BCUT2D eigenvalue weighted by atomic mass is 19.4. The first-order chi connectivity index (χ1) is 22.6. The fourth-order valence-electron chi connectivity index (χ4n) is 6.06. The van der Waals surface area contributed by atoms with Crippen LogP contribution in [0.1, 0.15) is 51.7 Å². The summed E-state index contributed by atoms with van der Waals surface area (Å²) in [6.07, 6.45) is -4.58. The monoisotopic (exact) mass is 691 g/mol. The molecular formula is C34H31F6N3O6. The maximum Gasteiger partial charge on any atom is 0.573 e. The molecule has 4 rings (SSSR count). The van der Waals surface area contributed by atoms with Crippen molar-refractivity contribution in [3.8, 4) is 17.6 Å². The number of benzene rings is 2. The summed E-state index contributed by atoms with van der Waals surface area (Å²) in [6, 6.07) is 9.52. The smallest absolute Gasteiger partial charge is 0.550 e. The van der Waals surface area contributed by atoms with E-state index in [0.717, 1.165) is 12.1 Å². The number of rotatable bonds is 11. The number of carboxylic acids is 2.